The third-order valence-electron chi connectivity index (χ3n) is 6.53. The summed E-state index contributed by atoms with van der Waals surface area (Å²) in [6, 6.07) is 22.1. The van der Waals surface area contributed by atoms with Gasteiger partial charge in [0.25, 0.3) is 0 Å². The number of benzene rings is 4. The molecule has 0 aliphatic heterocycles. The minimum atomic E-state index is 0.991. The lowest BCUT2D eigenvalue weighted by molar-refractivity contribution is 0.672. The maximum Gasteiger partial charge on any atom is 0.143 e. The highest BCUT2D eigenvalue weighted by Crippen LogP contribution is 2.45. The number of hydrogen-bond donors (Lipinski definition) is 0. The molecule has 0 saturated heterocycles. The molecule has 0 radical (unpaired) electrons. The van der Waals surface area contributed by atoms with Crippen LogP contribution in [0.4, 0.5) is 0 Å². The second-order valence-electron chi connectivity index (χ2n) is 8.02. The van der Waals surface area contributed by atoms with Crippen molar-refractivity contribution in [2.24, 2.45) is 0 Å². The van der Waals surface area contributed by atoms with Gasteiger partial charge in [0.1, 0.15) is 11.2 Å². The third kappa shape index (κ3) is 1.77. The van der Waals surface area contributed by atoms with E-state index in [1.54, 1.807) is 0 Å². The zero-order valence-electron chi connectivity index (χ0n) is 15.5. The predicted molar refractivity (Wildman–Crippen MR) is 117 cm³/mol. The monoisotopic (exact) mass is 358 g/mol. The minimum Gasteiger partial charge on any atom is -0.455 e. The van der Waals surface area contributed by atoms with Crippen molar-refractivity contribution in [3.63, 3.8) is 0 Å². The summed E-state index contributed by atoms with van der Waals surface area (Å²) in [5, 5.41) is 5.14. The second kappa shape index (κ2) is 5.14. The summed E-state index contributed by atoms with van der Waals surface area (Å²) in [5.74, 6) is 0. The summed E-state index contributed by atoms with van der Waals surface area (Å²) < 4.78 is 6.44. The van der Waals surface area contributed by atoms with Gasteiger partial charge < -0.3 is 4.42 Å². The molecule has 0 bridgehead atoms. The molecule has 0 spiro atoms. The van der Waals surface area contributed by atoms with Crippen molar-refractivity contribution in [2.75, 3.05) is 0 Å². The molecule has 2 aliphatic rings. The molecule has 5 aromatic rings. The Morgan fingerprint density at radius 3 is 2.64 bits per heavy atom. The first-order chi connectivity index (χ1) is 13.9. The summed E-state index contributed by atoms with van der Waals surface area (Å²) in [5.41, 5.74) is 10.5. The first kappa shape index (κ1) is 14.7. The Hall–Kier alpha value is -3.32. The van der Waals surface area contributed by atoms with Crippen LogP contribution >= 0.6 is 0 Å². The summed E-state index contributed by atoms with van der Waals surface area (Å²) in [4.78, 5) is 0. The number of rotatable bonds is 0. The highest BCUT2D eigenvalue weighted by molar-refractivity contribution is 6.20. The fourth-order valence-electron chi connectivity index (χ4n) is 5.31. The number of allylic oxidation sites excluding steroid dienone is 1. The number of furan rings is 1. The van der Waals surface area contributed by atoms with Gasteiger partial charge in [0.05, 0.1) is 0 Å². The maximum absolute atomic E-state index is 6.44. The molecule has 0 fully saturated rings. The molecule has 0 N–H and O–H groups in total. The minimum absolute atomic E-state index is 0.991. The average molecular weight is 358 g/mol. The van der Waals surface area contributed by atoms with Crippen LogP contribution in [0.3, 0.4) is 0 Å². The quantitative estimate of drug-likeness (QED) is 0.278. The van der Waals surface area contributed by atoms with E-state index in [1.165, 1.54) is 54.9 Å². The number of hydrogen-bond acceptors (Lipinski definition) is 1. The first-order valence-electron chi connectivity index (χ1n) is 10.1. The second-order valence-corrected chi connectivity index (χ2v) is 8.02. The van der Waals surface area contributed by atoms with Crippen LogP contribution in [-0.2, 0) is 12.8 Å². The summed E-state index contributed by atoms with van der Waals surface area (Å²) in [6.07, 6.45) is 7.83. The van der Waals surface area contributed by atoms with Crippen molar-refractivity contribution in [2.45, 2.75) is 19.3 Å². The first-order valence-corrected chi connectivity index (χ1v) is 10.1. The van der Waals surface area contributed by atoms with E-state index in [9.17, 15) is 0 Å². The Morgan fingerprint density at radius 2 is 1.64 bits per heavy atom. The summed E-state index contributed by atoms with van der Waals surface area (Å²) in [7, 11) is 0. The average Bonchev–Trinajstić information content (AvgIpc) is 3.31. The molecule has 2 aliphatic carbocycles. The van der Waals surface area contributed by atoms with Gasteiger partial charge in [-0.05, 0) is 76.2 Å². The smallest absolute Gasteiger partial charge is 0.143 e. The number of aryl methyl sites for hydroxylation is 1. The zero-order valence-corrected chi connectivity index (χ0v) is 15.5. The van der Waals surface area contributed by atoms with Crippen LogP contribution in [-0.4, -0.2) is 0 Å². The van der Waals surface area contributed by atoms with E-state index in [2.05, 4.69) is 72.8 Å². The van der Waals surface area contributed by atoms with Crippen molar-refractivity contribution >= 4 is 38.8 Å². The Labute approximate surface area is 162 Å². The van der Waals surface area contributed by atoms with Crippen molar-refractivity contribution in [3.05, 3.63) is 89.0 Å². The lowest BCUT2D eigenvalue weighted by atomic mass is 9.87. The normalized spacial score (nSPS) is 14.6. The molecule has 1 nitrogen and oxygen atoms in total. The molecule has 132 valence electrons. The molecule has 28 heavy (non-hydrogen) atoms. The standard InChI is InChI=1S/C27H18O/c1-2-8-18-16(7-1)13-17-14-24-23(15-22(17)18)19-9-3-4-10-20(19)26-21-11-5-6-12-25(21)28-27(24)26/h1-3,5-9,11-12,14-15H,4,10,13H2. The highest BCUT2D eigenvalue weighted by atomic mass is 16.3. The molecule has 4 aromatic carbocycles. The maximum atomic E-state index is 6.44. The van der Waals surface area contributed by atoms with Crippen LogP contribution in [0, 0.1) is 0 Å². The summed E-state index contributed by atoms with van der Waals surface area (Å²) in [6.45, 7) is 0. The molecule has 7 rings (SSSR count). The molecule has 0 unspecified atom stereocenters. The van der Waals surface area contributed by atoms with Crippen LogP contribution in [0.15, 0.2) is 71.2 Å². The van der Waals surface area contributed by atoms with Gasteiger partial charge in [0.2, 0.25) is 0 Å². The van der Waals surface area contributed by atoms with Crippen molar-refractivity contribution in [1.29, 1.82) is 0 Å². The molecular weight excluding hydrogens is 340 g/mol. The van der Waals surface area contributed by atoms with Gasteiger partial charge in [-0.3, -0.25) is 0 Å². The lowest BCUT2D eigenvalue weighted by Gasteiger charge is -2.16. The molecule has 0 atom stereocenters. The van der Waals surface area contributed by atoms with Crippen LogP contribution in [0.1, 0.15) is 28.7 Å². The van der Waals surface area contributed by atoms with E-state index in [0.29, 0.717) is 0 Å². The third-order valence-corrected chi connectivity index (χ3v) is 6.53. The van der Waals surface area contributed by atoms with Crippen LogP contribution < -0.4 is 0 Å². The highest BCUT2D eigenvalue weighted by Gasteiger charge is 2.24. The SMILES string of the molecule is C1=Cc2c(c3c4ccccc4oc3c3cc4c(cc23)-c2ccccc2C4)CC1. The molecular formula is C27H18O. The Morgan fingerprint density at radius 1 is 0.750 bits per heavy atom. The van der Waals surface area contributed by atoms with E-state index in [4.69, 9.17) is 4.42 Å². The van der Waals surface area contributed by atoms with Crippen molar-refractivity contribution in [1.82, 2.24) is 0 Å². The molecule has 0 amide bonds. The fraction of sp³-hybridized carbons (Fsp3) is 0.111. The van der Waals surface area contributed by atoms with Gasteiger partial charge in [0, 0.05) is 16.2 Å². The Kier molecular flexibility index (Phi) is 2.70. The van der Waals surface area contributed by atoms with E-state index in [-0.39, 0.29) is 0 Å². The van der Waals surface area contributed by atoms with Gasteiger partial charge >= 0.3 is 0 Å². The van der Waals surface area contributed by atoms with E-state index < -0.39 is 0 Å². The van der Waals surface area contributed by atoms with Gasteiger partial charge in [0.15, 0.2) is 0 Å². The zero-order chi connectivity index (χ0) is 18.2. The van der Waals surface area contributed by atoms with Gasteiger partial charge in [-0.15, -0.1) is 0 Å². The van der Waals surface area contributed by atoms with Crippen LogP contribution in [0.25, 0.3) is 49.9 Å². The topological polar surface area (TPSA) is 13.1 Å². The van der Waals surface area contributed by atoms with Gasteiger partial charge in [-0.25, -0.2) is 0 Å². The number of para-hydroxylation sites is 1. The Balaban J connectivity index is 1.70. The largest absolute Gasteiger partial charge is 0.455 e. The van der Waals surface area contributed by atoms with E-state index in [1.807, 2.05) is 0 Å². The molecule has 1 heterocycles. The predicted octanol–water partition coefficient (Wildman–Crippen LogP) is 7.27. The molecule has 0 saturated carbocycles. The van der Waals surface area contributed by atoms with Crippen LogP contribution in [0.5, 0.6) is 0 Å². The van der Waals surface area contributed by atoms with Crippen molar-refractivity contribution < 1.29 is 4.42 Å². The van der Waals surface area contributed by atoms with E-state index in [0.717, 1.165) is 30.4 Å². The lowest BCUT2D eigenvalue weighted by Crippen LogP contribution is -1.97. The van der Waals surface area contributed by atoms with E-state index >= 15 is 0 Å². The van der Waals surface area contributed by atoms with Crippen molar-refractivity contribution in [3.8, 4) is 11.1 Å². The molecule has 1 heteroatoms. The summed E-state index contributed by atoms with van der Waals surface area (Å²) >= 11 is 0. The van der Waals surface area contributed by atoms with Crippen LogP contribution in [0.2, 0.25) is 0 Å². The fourth-order valence-corrected chi connectivity index (χ4v) is 5.31. The number of fused-ring (bicyclic) bond motifs is 11. The van der Waals surface area contributed by atoms with Gasteiger partial charge in [-0.2, -0.15) is 0 Å². The molecule has 1 aromatic heterocycles. The Bertz CT molecular complexity index is 1480. The van der Waals surface area contributed by atoms with Gasteiger partial charge in [-0.1, -0.05) is 54.6 Å².